The Morgan fingerprint density at radius 2 is 2.04 bits per heavy atom. The Bertz CT molecular complexity index is 809. The molecule has 9 heteroatoms. The van der Waals surface area contributed by atoms with Crippen LogP contribution < -0.4 is 9.47 Å². The summed E-state index contributed by atoms with van der Waals surface area (Å²) in [4.78, 5) is 11.9. The van der Waals surface area contributed by atoms with E-state index in [2.05, 4.69) is 0 Å². The molecule has 1 aromatic carbocycles. The summed E-state index contributed by atoms with van der Waals surface area (Å²) in [5.74, 6) is -0.733. The highest BCUT2D eigenvalue weighted by atomic mass is 32.2. The van der Waals surface area contributed by atoms with Crippen molar-refractivity contribution < 1.29 is 32.5 Å². The molecule has 136 valence electrons. The smallest absolute Gasteiger partial charge is 0.311 e. The van der Waals surface area contributed by atoms with Gasteiger partial charge in [-0.25, -0.2) is 8.42 Å². The molecule has 8 nitrogen and oxygen atoms in total. The highest BCUT2D eigenvalue weighted by Gasteiger charge is 2.56. The quantitative estimate of drug-likeness (QED) is 0.831. The Morgan fingerprint density at radius 3 is 2.80 bits per heavy atom. The molecule has 0 amide bonds. The van der Waals surface area contributed by atoms with Gasteiger partial charge in [0.15, 0.2) is 11.5 Å². The molecule has 2 saturated heterocycles. The van der Waals surface area contributed by atoms with Gasteiger partial charge in [0, 0.05) is 25.6 Å². The van der Waals surface area contributed by atoms with Crippen molar-refractivity contribution in [3.63, 3.8) is 0 Å². The summed E-state index contributed by atoms with van der Waals surface area (Å²) in [6, 6.07) is 4.72. The molecule has 3 aliphatic heterocycles. The van der Waals surface area contributed by atoms with Crippen LogP contribution in [0, 0.1) is 11.3 Å². The molecule has 2 atom stereocenters. The third-order valence-electron chi connectivity index (χ3n) is 5.25. The molecular weight excluding hydrogens is 350 g/mol. The predicted octanol–water partition coefficient (Wildman–Crippen LogP) is 0.570. The third-order valence-corrected chi connectivity index (χ3v) is 7.08. The maximum absolute atomic E-state index is 13.2. The van der Waals surface area contributed by atoms with Crippen LogP contribution in [0.4, 0.5) is 0 Å². The zero-order chi connectivity index (χ0) is 17.7. The van der Waals surface area contributed by atoms with Gasteiger partial charge in [0.25, 0.3) is 0 Å². The third kappa shape index (κ3) is 2.49. The number of rotatable bonds is 3. The number of fused-ring (bicyclic) bond motifs is 2. The molecule has 1 N–H and O–H groups in total. The van der Waals surface area contributed by atoms with Crippen molar-refractivity contribution in [3.8, 4) is 11.5 Å². The van der Waals surface area contributed by atoms with Crippen LogP contribution >= 0.6 is 0 Å². The largest absolute Gasteiger partial charge is 0.486 e. The van der Waals surface area contributed by atoms with Crippen LogP contribution in [-0.2, 0) is 19.6 Å². The van der Waals surface area contributed by atoms with Gasteiger partial charge in [0.05, 0.1) is 12.0 Å². The van der Waals surface area contributed by atoms with Crippen molar-refractivity contribution in [3.05, 3.63) is 18.2 Å². The van der Waals surface area contributed by atoms with Crippen LogP contribution in [0.25, 0.3) is 0 Å². The van der Waals surface area contributed by atoms with Gasteiger partial charge in [0.1, 0.15) is 18.1 Å². The zero-order valence-electron chi connectivity index (χ0n) is 13.5. The van der Waals surface area contributed by atoms with Gasteiger partial charge >= 0.3 is 5.97 Å². The fourth-order valence-electron chi connectivity index (χ4n) is 3.83. The van der Waals surface area contributed by atoms with E-state index >= 15 is 0 Å². The van der Waals surface area contributed by atoms with E-state index in [9.17, 15) is 18.3 Å². The minimum atomic E-state index is -3.90. The average molecular weight is 369 g/mol. The molecule has 0 saturated carbocycles. The van der Waals surface area contributed by atoms with Crippen LogP contribution in [-0.4, -0.2) is 63.3 Å². The Kier molecular flexibility index (Phi) is 3.89. The van der Waals surface area contributed by atoms with Crippen LogP contribution in [0.1, 0.15) is 6.42 Å². The number of para-hydroxylation sites is 1. The normalized spacial score (nSPS) is 29.2. The first-order valence-corrected chi connectivity index (χ1v) is 9.59. The molecule has 0 aliphatic carbocycles. The second-order valence-electron chi connectivity index (χ2n) is 6.56. The van der Waals surface area contributed by atoms with E-state index in [-0.39, 0.29) is 42.9 Å². The van der Waals surface area contributed by atoms with E-state index < -0.39 is 21.4 Å². The fraction of sp³-hybridized carbons (Fsp3) is 0.562. The first kappa shape index (κ1) is 16.6. The van der Waals surface area contributed by atoms with Crippen molar-refractivity contribution in [2.45, 2.75) is 11.3 Å². The van der Waals surface area contributed by atoms with Gasteiger partial charge in [-0.3, -0.25) is 4.79 Å². The Balaban J connectivity index is 1.72. The maximum atomic E-state index is 13.2. The van der Waals surface area contributed by atoms with E-state index in [0.717, 1.165) is 0 Å². The molecule has 25 heavy (non-hydrogen) atoms. The number of carbonyl (C=O) groups is 1. The van der Waals surface area contributed by atoms with Crippen molar-refractivity contribution in [1.29, 1.82) is 0 Å². The predicted molar refractivity (Wildman–Crippen MR) is 85.2 cm³/mol. The number of sulfonamides is 1. The maximum Gasteiger partial charge on any atom is 0.311 e. The van der Waals surface area contributed by atoms with E-state index in [4.69, 9.17) is 14.2 Å². The molecule has 0 spiro atoms. The lowest BCUT2D eigenvalue weighted by Gasteiger charge is -2.34. The summed E-state index contributed by atoms with van der Waals surface area (Å²) in [7, 11) is -3.90. The highest BCUT2D eigenvalue weighted by Crippen LogP contribution is 2.46. The number of hydrogen-bond donors (Lipinski definition) is 1. The van der Waals surface area contributed by atoms with Gasteiger partial charge < -0.3 is 19.3 Å². The summed E-state index contributed by atoms with van der Waals surface area (Å²) in [6.07, 6.45) is 0.311. The molecule has 2 fully saturated rings. The van der Waals surface area contributed by atoms with Crippen molar-refractivity contribution in [2.24, 2.45) is 11.3 Å². The van der Waals surface area contributed by atoms with Gasteiger partial charge in [-0.2, -0.15) is 4.31 Å². The molecule has 3 aliphatic rings. The second-order valence-corrected chi connectivity index (χ2v) is 8.47. The molecule has 0 aromatic heterocycles. The lowest BCUT2D eigenvalue weighted by Crippen LogP contribution is -2.45. The van der Waals surface area contributed by atoms with Crippen molar-refractivity contribution in [2.75, 3.05) is 39.5 Å². The molecule has 0 bridgehead atoms. The van der Waals surface area contributed by atoms with Gasteiger partial charge in [0.2, 0.25) is 10.0 Å². The molecule has 3 heterocycles. The second kappa shape index (κ2) is 5.86. The number of carboxylic acids is 1. The minimum absolute atomic E-state index is 0.0183. The number of aliphatic carboxylic acids is 1. The summed E-state index contributed by atoms with van der Waals surface area (Å²) in [6.45, 7) is 1.29. The van der Waals surface area contributed by atoms with E-state index in [1.54, 1.807) is 12.1 Å². The number of carboxylic acid groups (broad SMARTS) is 1. The first-order chi connectivity index (χ1) is 11.9. The lowest BCUT2D eigenvalue weighted by molar-refractivity contribution is -0.157. The minimum Gasteiger partial charge on any atom is -0.486 e. The van der Waals surface area contributed by atoms with Gasteiger partial charge in [-0.15, -0.1) is 0 Å². The van der Waals surface area contributed by atoms with E-state index in [1.165, 1.54) is 10.4 Å². The van der Waals surface area contributed by atoms with Gasteiger partial charge in [-0.05, 0) is 18.6 Å². The zero-order valence-corrected chi connectivity index (χ0v) is 14.3. The van der Waals surface area contributed by atoms with Crippen molar-refractivity contribution in [1.82, 2.24) is 4.31 Å². The molecule has 4 rings (SSSR count). The van der Waals surface area contributed by atoms with E-state index in [0.29, 0.717) is 25.4 Å². The Labute approximate surface area is 145 Å². The summed E-state index contributed by atoms with van der Waals surface area (Å²) in [5.41, 5.74) is -1.09. The van der Waals surface area contributed by atoms with E-state index in [1.807, 2.05) is 0 Å². The Morgan fingerprint density at radius 1 is 1.24 bits per heavy atom. The van der Waals surface area contributed by atoms with Gasteiger partial charge in [-0.1, -0.05) is 6.07 Å². The van der Waals surface area contributed by atoms with Crippen molar-refractivity contribution >= 4 is 16.0 Å². The molecular formula is C16H19NO7S. The average Bonchev–Trinajstić information content (AvgIpc) is 3.03. The first-order valence-electron chi connectivity index (χ1n) is 8.15. The summed E-state index contributed by atoms with van der Waals surface area (Å²) < 4.78 is 43.9. The summed E-state index contributed by atoms with van der Waals surface area (Å²) >= 11 is 0. The monoisotopic (exact) mass is 369 g/mol. The Hall–Kier alpha value is -1.84. The number of nitrogens with zero attached hydrogens (tertiary/aromatic N) is 1. The topological polar surface area (TPSA) is 102 Å². The standard InChI is InChI=1S/C16H19NO7S/c18-15(19)16-4-5-22-9-11(16)8-17(10-16)25(20,21)13-3-1-2-12-14(13)24-7-6-23-12/h1-3,11H,4-10H2,(H,18,19)/t11-,16+/m1/s1. The SMILES string of the molecule is O=C(O)[C@]12CCOC[C@H]1CN(S(=O)(=O)c1cccc3c1OCCO3)C2. The molecule has 1 aromatic rings. The highest BCUT2D eigenvalue weighted by molar-refractivity contribution is 7.89. The molecule has 0 unspecified atom stereocenters. The number of benzene rings is 1. The molecule has 0 radical (unpaired) electrons. The van der Waals surface area contributed by atoms with Crippen LogP contribution in [0.2, 0.25) is 0 Å². The lowest BCUT2D eigenvalue weighted by atomic mass is 9.74. The van der Waals surface area contributed by atoms with Crippen LogP contribution in [0.3, 0.4) is 0 Å². The summed E-state index contributed by atoms with van der Waals surface area (Å²) in [5, 5.41) is 9.72. The number of ether oxygens (including phenoxy) is 3. The van der Waals surface area contributed by atoms with Crippen LogP contribution in [0.5, 0.6) is 11.5 Å². The van der Waals surface area contributed by atoms with Crippen LogP contribution in [0.15, 0.2) is 23.1 Å². The fourth-order valence-corrected chi connectivity index (χ4v) is 5.52. The number of hydrogen-bond acceptors (Lipinski definition) is 6.